The fraction of sp³-hybridized carbons (Fsp3) is 0.455. The summed E-state index contributed by atoms with van der Waals surface area (Å²) >= 11 is 0. The first-order chi connectivity index (χ1) is 18.8. The normalized spacial score (nSPS) is 17.8. The van der Waals surface area contributed by atoms with E-state index in [1.54, 1.807) is 0 Å². The second kappa shape index (κ2) is 12.6. The lowest BCUT2D eigenvalue weighted by atomic mass is 9.78. The van der Waals surface area contributed by atoms with Crippen LogP contribution in [0.4, 0.5) is 0 Å². The third kappa shape index (κ3) is 5.96. The van der Waals surface area contributed by atoms with Crippen molar-refractivity contribution in [3.05, 3.63) is 88.2 Å². The van der Waals surface area contributed by atoms with Crippen LogP contribution in [0.3, 0.4) is 0 Å². The molecule has 0 spiro atoms. The van der Waals surface area contributed by atoms with Gasteiger partial charge in [-0.2, -0.15) is 0 Å². The summed E-state index contributed by atoms with van der Waals surface area (Å²) in [4.78, 5) is 27.1. The van der Waals surface area contributed by atoms with Gasteiger partial charge in [0.1, 0.15) is 17.1 Å². The number of carbonyl (C=O) groups is 2. The van der Waals surface area contributed by atoms with Crippen LogP contribution in [-0.2, 0) is 29.1 Å². The molecule has 216 valence electrons. The van der Waals surface area contributed by atoms with E-state index in [1.807, 2.05) is 62.4 Å². The number of methoxy groups -OCH3 is 2. The summed E-state index contributed by atoms with van der Waals surface area (Å²) in [6, 6.07) is 15.5. The van der Waals surface area contributed by atoms with Gasteiger partial charge in [0.05, 0.1) is 25.4 Å². The number of hydrogen-bond donors (Lipinski definition) is 0. The van der Waals surface area contributed by atoms with Crippen molar-refractivity contribution in [3.63, 3.8) is 0 Å². The molecular formula is C33H44O6Si. The van der Waals surface area contributed by atoms with Gasteiger partial charge in [0, 0.05) is 6.42 Å². The van der Waals surface area contributed by atoms with E-state index in [1.165, 1.54) is 14.2 Å². The molecule has 40 heavy (non-hydrogen) atoms. The Morgan fingerprint density at radius 3 is 1.80 bits per heavy atom. The molecule has 0 aliphatic heterocycles. The highest BCUT2D eigenvalue weighted by Gasteiger charge is 2.55. The van der Waals surface area contributed by atoms with E-state index in [2.05, 4.69) is 47.6 Å². The van der Waals surface area contributed by atoms with Crippen molar-refractivity contribution in [3.8, 4) is 5.75 Å². The Morgan fingerprint density at radius 1 is 0.800 bits per heavy atom. The van der Waals surface area contributed by atoms with Crippen LogP contribution in [0.5, 0.6) is 5.75 Å². The van der Waals surface area contributed by atoms with Crippen LogP contribution in [0, 0.1) is 13.8 Å². The molecule has 0 saturated carbocycles. The van der Waals surface area contributed by atoms with Crippen LogP contribution >= 0.6 is 0 Å². The number of ether oxygens (including phenoxy) is 3. The maximum absolute atomic E-state index is 13.7. The van der Waals surface area contributed by atoms with Gasteiger partial charge in [-0.1, -0.05) is 77.9 Å². The topological polar surface area (TPSA) is 71.1 Å². The Balaban J connectivity index is 2.46. The Morgan fingerprint density at radius 2 is 1.32 bits per heavy atom. The number of carbonyl (C=O) groups excluding carboxylic acids is 2. The van der Waals surface area contributed by atoms with Gasteiger partial charge < -0.3 is 18.6 Å². The number of allylic oxidation sites excluding steroid dienone is 1. The van der Waals surface area contributed by atoms with Crippen LogP contribution in [0.1, 0.15) is 64.7 Å². The summed E-state index contributed by atoms with van der Waals surface area (Å²) in [5, 5.41) is 0. The van der Waals surface area contributed by atoms with Crippen LogP contribution in [-0.4, -0.2) is 34.5 Å². The van der Waals surface area contributed by atoms with E-state index >= 15 is 0 Å². The Bertz CT molecular complexity index is 1250. The first-order valence-electron chi connectivity index (χ1n) is 14.0. The standard InChI is InChI=1S/C33H44O6Si/c1-21(2)40(22(3)4,23(5)6)39-33(26-14-12-11-13-15-26)20-28(38-27-17-24(7)16-25(8)18-27)19-29(31(34)36-9)30(33)32(35)37-10/h11-18,20-23H,19H2,1-10H3. The van der Waals surface area contributed by atoms with Gasteiger partial charge >= 0.3 is 11.9 Å². The van der Waals surface area contributed by atoms with Crippen molar-refractivity contribution in [1.82, 2.24) is 0 Å². The summed E-state index contributed by atoms with van der Waals surface area (Å²) < 4.78 is 24.6. The van der Waals surface area contributed by atoms with Crippen LogP contribution < -0.4 is 4.74 Å². The molecule has 0 saturated heterocycles. The van der Waals surface area contributed by atoms with Crippen molar-refractivity contribution < 1.29 is 28.2 Å². The molecule has 3 rings (SSSR count). The van der Waals surface area contributed by atoms with Gasteiger partial charge in [-0.3, -0.25) is 0 Å². The Labute approximate surface area is 240 Å². The molecule has 7 heteroatoms. The fourth-order valence-electron chi connectivity index (χ4n) is 6.40. The molecule has 2 aromatic carbocycles. The zero-order chi connectivity index (χ0) is 29.8. The van der Waals surface area contributed by atoms with Gasteiger partial charge in [-0.15, -0.1) is 0 Å². The first-order valence-corrected chi connectivity index (χ1v) is 16.1. The molecule has 6 nitrogen and oxygen atoms in total. The highest BCUT2D eigenvalue weighted by atomic mass is 28.4. The average Bonchev–Trinajstić information content (AvgIpc) is 2.89. The molecule has 0 amide bonds. The van der Waals surface area contributed by atoms with Gasteiger partial charge in [0.2, 0.25) is 8.32 Å². The van der Waals surface area contributed by atoms with Crippen molar-refractivity contribution in [2.75, 3.05) is 14.2 Å². The zero-order valence-corrected chi connectivity index (χ0v) is 26.6. The van der Waals surface area contributed by atoms with Crippen molar-refractivity contribution in [1.29, 1.82) is 0 Å². The number of aryl methyl sites for hydroxylation is 2. The van der Waals surface area contributed by atoms with Crippen LogP contribution in [0.25, 0.3) is 0 Å². The van der Waals surface area contributed by atoms with E-state index in [4.69, 9.17) is 18.6 Å². The van der Waals surface area contributed by atoms with Crippen molar-refractivity contribution in [2.45, 2.75) is 84.0 Å². The first kappa shape index (κ1) is 31.4. The van der Waals surface area contributed by atoms with E-state index < -0.39 is 25.9 Å². The van der Waals surface area contributed by atoms with E-state index in [-0.39, 0.29) is 34.2 Å². The van der Waals surface area contributed by atoms with Crippen LogP contribution in [0.15, 0.2) is 71.5 Å². The highest BCUT2D eigenvalue weighted by Crippen LogP contribution is 2.52. The predicted molar refractivity (Wildman–Crippen MR) is 161 cm³/mol. The molecule has 0 fully saturated rings. The number of hydrogen-bond acceptors (Lipinski definition) is 6. The molecule has 0 N–H and O–H groups in total. The lowest BCUT2D eigenvalue weighted by molar-refractivity contribution is -0.141. The second-order valence-corrected chi connectivity index (χ2v) is 16.9. The van der Waals surface area contributed by atoms with E-state index in [0.717, 1.165) is 16.7 Å². The smallest absolute Gasteiger partial charge is 0.337 e. The summed E-state index contributed by atoms with van der Waals surface area (Å²) in [6.07, 6.45) is 1.94. The quantitative estimate of drug-likeness (QED) is 0.218. The second-order valence-electron chi connectivity index (χ2n) is 11.6. The summed E-state index contributed by atoms with van der Waals surface area (Å²) in [5.74, 6) is -0.104. The molecule has 1 aliphatic rings. The molecule has 0 radical (unpaired) electrons. The number of rotatable bonds is 10. The lowest BCUT2D eigenvalue weighted by Gasteiger charge is -2.50. The average molecular weight is 565 g/mol. The molecule has 2 aromatic rings. The van der Waals surface area contributed by atoms with Gasteiger partial charge in [-0.05, 0) is 65.4 Å². The number of benzene rings is 2. The molecule has 1 atom stereocenters. The van der Waals surface area contributed by atoms with Crippen molar-refractivity contribution in [2.24, 2.45) is 0 Å². The molecule has 0 bridgehead atoms. The predicted octanol–water partition coefficient (Wildman–Crippen LogP) is 7.70. The van der Waals surface area contributed by atoms with Gasteiger partial charge in [-0.25, -0.2) is 9.59 Å². The van der Waals surface area contributed by atoms with E-state index in [0.29, 0.717) is 11.5 Å². The zero-order valence-electron chi connectivity index (χ0n) is 25.6. The fourth-order valence-corrected chi connectivity index (χ4v) is 11.9. The maximum atomic E-state index is 13.7. The summed E-state index contributed by atoms with van der Waals surface area (Å²) in [7, 11) is -0.0432. The molecule has 0 aromatic heterocycles. The SMILES string of the molecule is COC(=O)C1=C(C(=O)OC)C(O[Si](C(C)C)(C(C)C)C(C)C)(c2ccccc2)C=C(Oc2cc(C)cc(C)c2)C1. The van der Waals surface area contributed by atoms with Crippen molar-refractivity contribution >= 4 is 20.3 Å². The minimum absolute atomic E-state index is 0.0572. The molecule has 1 unspecified atom stereocenters. The van der Waals surface area contributed by atoms with Gasteiger partial charge in [0.25, 0.3) is 0 Å². The summed E-state index contributed by atoms with van der Waals surface area (Å²) in [5.41, 5.74) is 2.31. The Kier molecular flexibility index (Phi) is 9.85. The third-order valence-electron chi connectivity index (χ3n) is 7.90. The van der Waals surface area contributed by atoms with Crippen LogP contribution in [0.2, 0.25) is 16.6 Å². The molecule has 0 heterocycles. The molecule has 1 aliphatic carbocycles. The number of esters is 2. The summed E-state index contributed by atoms with van der Waals surface area (Å²) in [6.45, 7) is 17.1. The minimum atomic E-state index is -2.68. The Hall–Kier alpha value is -3.16. The largest absolute Gasteiger partial charge is 0.466 e. The molecular weight excluding hydrogens is 520 g/mol. The van der Waals surface area contributed by atoms with E-state index in [9.17, 15) is 9.59 Å². The minimum Gasteiger partial charge on any atom is -0.466 e. The van der Waals surface area contributed by atoms with Gasteiger partial charge in [0.15, 0.2) is 0 Å². The third-order valence-corrected chi connectivity index (χ3v) is 14.0. The maximum Gasteiger partial charge on any atom is 0.337 e. The highest BCUT2D eigenvalue weighted by molar-refractivity contribution is 6.77. The lowest BCUT2D eigenvalue weighted by Crippen LogP contribution is -2.55. The monoisotopic (exact) mass is 564 g/mol.